The molecule has 0 atom stereocenters. The van der Waals surface area contributed by atoms with Gasteiger partial charge in [-0.15, -0.1) is 0 Å². The summed E-state index contributed by atoms with van der Waals surface area (Å²) in [6, 6.07) is 5.14. The third kappa shape index (κ3) is 2.36. The molecule has 1 aromatic carbocycles. The van der Waals surface area contributed by atoms with Gasteiger partial charge in [-0.1, -0.05) is 23.2 Å². The largest absolute Gasteiger partial charge is 0.462 e. The van der Waals surface area contributed by atoms with Crippen LogP contribution >= 0.6 is 23.2 Å². The van der Waals surface area contributed by atoms with Crippen LogP contribution in [0.4, 0.5) is 0 Å². The minimum Gasteiger partial charge on any atom is -0.462 e. The molecule has 0 spiro atoms. The van der Waals surface area contributed by atoms with Crippen LogP contribution in [0.25, 0.3) is 17.0 Å². The molecule has 3 rings (SSSR count). The number of esters is 1. The standard InChI is InChI=1S/C15H12Cl2N2O3/c1-3-21-15(20)13-8(2)18-19-12(7-22-14(13)19)10-5-4-9(16)6-11(10)17/h4-7H,3H2,1-2H3. The summed E-state index contributed by atoms with van der Waals surface area (Å²) >= 11 is 12.1. The van der Waals surface area contributed by atoms with Crippen LogP contribution in [-0.2, 0) is 4.74 Å². The number of fused-ring (bicyclic) bond motifs is 1. The fraction of sp³-hybridized carbons (Fsp3) is 0.200. The zero-order valence-corrected chi connectivity index (χ0v) is 13.4. The molecule has 114 valence electrons. The van der Waals surface area contributed by atoms with Gasteiger partial charge in [-0.25, -0.2) is 4.79 Å². The van der Waals surface area contributed by atoms with Gasteiger partial charge in [0.15, 0.2) is 0 Å². The van der Waals surface area contributed by atoms with E-state index in [4.69, 9.17) is 32.4 Å². The van der Waals surface area contributed by atoms with Crippen molar-refractivity contribution in [1.82, 2.24) is 9.61 Å². The molecule has 0 bridgehead atoms. The molecule has 3 aromatic rings. The van der Waals surface area contributed by atoms with E-state index in [2.05, 4.69) is 5.10 Å². The molecule has 0 aliphatic rings. The predicted octanol–water partition coefficient (Wildman–Crippen LogP) is 4.39. The Labute approximate surface area is 136 Å². The summed E-state index contributed by atoms with van der Waals surface area (Å²) < 4.78 is 12.1. The molecule has 0 fully saturated rings. The van der Waals surface area contributed by atoms with Gasteiger partial charge in [-0.3, -0.25) is 0 Å². The molecule has 0 unspecified atom stereocenters. The Kier molecular flexibility index (Phi) is 3.85. The van der Waals surface area contributed by atoms with Gasteiger partial charge in [-0.2, -0.15) is 9.61 Å². The quantitative estimate of drug-likeness (QED) is 0.664. The highest BCUT2D eigenvalue weighted by Crippen LogP contribution is 2.32. The van der Waals surface area contributed by atoms with Gasteiger partial charge < -0.3 is 9.15 Å². The molecule has 7 heteroatoms. The Morgan fingerprint density at radius 3 is 2.86 bits per heavy atom. The number of hydrogen-bond donors (Lipinski definition) is 0. The number of carbonyl (C=O) groups excluding carboxylic acids is 1. The molecule has 2 heterocycles. The van der Waals surface area contributed by atoms with Crippen molar-refractivity contribution in [3.05, 3.63) is 45.8 Å². The fourth-order valence-corrected chi connectivity index (χ4v) is 2.76. The lowest BCUT2D eigenvalue weighted by molar-refractivity contribution is 0.0526. The number of oxazole rings is 1. The minimum atomic E-state index is -0.460. The van der Waals surface area contributed by atoms with E-state index < -0.39 is 5.97 Å². The van der Waals surface area contributed by atoms with Gasteiger partial charge in [0.1, 0.15) is 17.5 Å². The van der Waals surface area contributed by atoms with Crippen LogP contribution in [0.1, 0.15) is 23.0 Å². The summed E-state index contributed by atoms with van der Waals surface area (Å²) in [6.45, 7) is 3.75. The van der Waals surface area contributed by atoms with E-state index in [-0.39, 0.29) is 6.61 Å². The Morgan fingerprint density at radius 1 is 1.41 bits per heavy atom. The van der Waals surface area contributed by atoms with Crippen LogP contribution < -0.4 is 0 Å². The summed E-state index contributed by atoms with van der Waals surface area (Å²) in [5.74, 6) is -0.460. The Morgan fingerprint density at radius 2 is 2.18 bits per heavy atom. The Hall–Kier alpha value is -1.98. The van der Waals surface area contributed by atoms with E-state index in [0.29, 0.717) is 38.3 Å². The van der Waals surface area contributed by atoms with E-state index in [1.807, 2.05) is 0 Å². The average molecular weight is 339 g/mol. The summed E-state index contributed by atoms with van der Waals surface area (Å²) in [7, 11) is 0. The molecule has 2 aromatic heterocycles. The lowest BCUT2D eigenvalue weighted by Gasteiger charge is -2.01. The normalized spacial score (nSPS) is 11.1. The van der Waals surface area contributed by atoms with E-state index in [9.17, 15) is 4.79 Å². The van der Waals surface area contributed by atoms with E-state index in [1.54, 1.807) is 32.0 Å². The number of carbonyl (C=O) groups is 1. The van der Waals surface area contributed by atoms with Gasteiger partial charge in [0.25, 0.3) is 0 Å². The molecular weight excluding hydrogens is 327 g/mol. The molecule has 0 saturated heterocycles. The average Bonchev–Trinajstić information content (AvgIpc) is 2.97. The van der Waals surface area contributed by atoms with Crippen molar-refractivity contribution >= 4 is 34.9 Å². The second kappa shape index (κ2) is 5.66. The third-order valence-electron chi connectivity index (χ3n) is 3.22. The van der Waals surface area contributed by atoms with Crippen LogP contribution in [0.3, 0.4) is 0 Å². The summed E-state index contributed by atoms with van der Waals surface area (Å²) in [6.07, 6.45) is 1.50. The molecular formula is C15H12Cl2N2O3. The van der Waals surface area contributed by atoms with Gasteiger partial charge in [0, 0.05) is 10.6 Å². The second-order valence-electron chi connectivity index (χ2n) is 4.64. The van der Waals surface area contributed by atoms with Crippen LogP contribution in [0.15, 0.2) is 28.9 Å². The predicted molar refractivity (Wildman–Crippen MR) is 83.6 cm³/mol. The number of aryl methyl sites for hydroxylation is 1. The molecule has 0 aliphatic heterocycles. The molecule has 5 nitrogen and oxygen atoms in total. The van der Waals surface area contributed by atoms with Crippen molar-refractivity contribution in [2.75, 3.05) is 6.61 Å². The monoisotopic (exact) mass is 338 g/mol. The van der Waals surface area contributed by atoms with Crippen LogP contribution in [-0.4, -0.2) is 22.2 Å². The van der Waals surface area contributed by atoms with Gasteiger partial charge in [-0.05, 0) is 32.0 Å². The zero-order chi connectivity index (χ0) is 15.9. The second-order valence-corrected chi connectivity index (χ2v) is 5.49. The van der Waals surface area contributed by atoms with E-state index in [1.165, 1.54) is 10.8 Å². The number of nitrogens with zero attached hydrogens (tertiary/aromatic N) is 2. The van der Waals surface area contributed by atoms with Crippen molar-refractivity contribution < 1.29 is 13.9 Å². The maximum absolute atomic E-state index is 12.0. The number of aromatic nitrogens is 2. The maximum Gasteiger partial charge on any atom is 0.345 e. The topological polar surface area (TPSA) is 56.7 Å². The maximum atomic E-state index is 12.0. The molecule has 0 aliphatic carbocycles. The number of hydrogen-bond acceptors (Lipinski definition) is 4. The summed E-state index contributed by atoms with van der Waals surface area (Å²) in [4.78, 5) is 12.0. The highest BCUT2D eigenvalue weighted by molar-refractivity contribution is 6.36. The minimum absolute atomic E-state index is 0.284. The first kappa shape index (κ1) is 14.9. The number of benzene rings is 1. The number of ether oxygens (including phenoxy) is 1. The van der Waals surface area contributed by atoms with Crippen molar-refractivity contribution in [2.24, 2.45) is 0 Å². The Balaban J connectivity index is 2.18. The highest BCUT2D eigenvalue weighted by atomic mass is 35.5. The number of rotatable bonds is 3. The van der Waals surface area contributed by atoms with Crippen LogP contribution in [0.2, 0.25) is 10.0 Å². The Bertz CT molecular complexity index is 867. The lowest BCUT2D eigenvalue weighted by atomic mass is 10.2. The first-order valence-electron chi connectivity index (χ1n) is 6.62. The van der Waals surface area contributed by atoms with E-state index in [0.717, 1.165) is 0 Å². The third-order valence-corrected chi connectivity index (χ3v) is 3.76. The number of halogens is 2. The summed E-state index contributed by atoms with van der Waals surface area (Å²) in [5.41, 5.74) is 2.53. The van der Waals surface area contributed by atoms with E-state index >= 15 is 0 Å². The van der Waals surface area contributed by atoms with Gasteiger partial charge in [0.05, 0.1) is 17.3 Å². The van der Waals surface area contributed by atoms with Crippen molar-refractivity contribution in [1.29, 1.82) is 0 Å². The zero-order valence-electron chi connectivity index (χ0n) is 11.9. The molecule has 0 saturated carbocycles. The fourth-order valence-electron chi connectivity index (χ4n) is 2.25. The molecule has 0 N–H and O–H groups in total. The van der Waals surface area contributed by atoms with Gasteiger partial charge >= 0.3 is 5.97 Å². The summed E-state index contributed by atoms with van der Waals surface area (Å²) in [5, 5.41) is 5.36. The SMILES string of the molecule is CCOC(=O)c1c(C)nn2c(-c3ccc(Cl)cc3Cl)coc12. The molecule has 0 amide bonds. The van der Waals surface area contributed by atoms with Crippen molar-refractivity contribution in [3.63, 3.8) is 0 Å². The van der Waals surface area contributed by atoms with Crippen LogP contribution in [0.5, 0.6) is 0 Å². The first-order valence-corrected chi connectivity index (χ1v) is 7.38. The smallest absolute Gasteiger partial charge is 0.345 e. The van der Waals surface area contributed by atoms with Crippen LogP contribution in [0, 0.1) is 6.92 Å². The molecule has 22 heavy (non-hydrogen) atoms. The highest BCUT2D eigenvalue weighted by Gasteiger charge is 2.24. The van der Waals surface area contributed by atoms with Crippen molar-refractivity contribution in [2.45, 2.75) is 13.8 Å². The molecule has 0 radical (unpaired) electrons. The first-order chi connectivity index (χ1) is 10.5. The lowest BCUT2D eigenvalue weighted by Crippen LogP contribution is -2.05. The van der Waals surface area contributed by atoms with Gasteiger partial charge in [0.2, 0.25) is 5.71 Å². The van der Waals surface area contributed by atoms with Crippen molar-refractivity contribution in [3.8, 4) is 11.3 Å².